The largest absolute Gasteiger partial charge is 0.320 e. The number of benzene rings is 2. The predicted octanol–water partition coefficient (Wildman–Crippen LogP) is 2.42. The van der Waals surface area contributed by atoms with Crippen molar-refractivity contribution in [3.05, 3.63) is 59.3 Å². The Balaban J connectivity index is 1.65. The fourth-order valence-corrected chi connectivity index (χ4v) is 2.70. The molecule has 0 atom stereocenters. The van der Waals surface area contributed by atoms with E-state index in [1.54, 1.807) is 6.20 Å². The van der Waals surface area contributed by atoms with Crippen molar-refractivity contribution in [2.45, 2.75) is 13.1 Å². The number of fused-ring (bicyclic) bond motifs is 2. The number of nitrogens with one attached hydrogen (secondary N) is 3. The van der Waals surface area contributed by atoms with E-state index in [1.807, 2.05) is 36.4 Å². The van der Waals surface area contributed by atoms with Crippen LogP contribution in [0.4, 0.5) is 5.69 Å². The average molecular weight is 278 g/mol. The Morgan fingerprint density at radius 3 is 3.00 bits per heavy atom. The molecule has 1 aliphatic heterocycles. The molecule has 104 valence electrons. The van der Waals surface area contributed by atoms with E-state index >= 15 is 0 Å². The normalized spacial score (nSPS) is 13.3. The fraction of sp³-hybridized carbons (Fsp3) is 0.125. The zero-order valence-electron chi connectivity index (χ0n) is 11.3. The number of carbonyl (C=O) groups excluding carboxylic acids is 1. The van der Waals surface area contributed by atoms with Crippen LogP contribution in [0.15, 0.2) is 42.6 Å². The molecule has 0 radical (unpaired) electrons. The van der Waals surface area contributed by atoms with Gasteiger partial charge < -0.3 is 10.6 Å². The number of hydrogen-bond acceptors (Lipinski definition) is 3. The Labute approximate surface area is 121 Å². The highest BCUT2D eigenvalue weighted by Gasteiger charge is 2.14. The number of H-pyrrole nitrogens is 1. The Hall–Kier alpha value is -2.66. The molecule has 3 N–H and O–H groups in total. The summed E-state index contributed by atoms with van der Waals surface area (Å²) >= 11 is 0. The van der Waals surface area contributed by atoms with Crippen molar-refractivity contribution in [1.82, 2.24) is 15.5 Å². The van der Waals surface area contributed by atoms with E-state index in [9.17, 15) is 4.79 Å². The number of aromatic nitrogens is 2. The molecule has 1 amide bonds. The van der Waals surface area contributed by atoms with Gasteiger partial charge in [-0.05, 0) is 29.3 Å². The summed E-state index contributed by atoms with van der Waals surface area (Å²) < 4.78 is 0. The van der Waals surface area contributed by atoms with Gasteiger partial charge in [0.15, 0.2) is 0 Å². The monoisotopic (exact) mass is 278 g/mol. The van der Waals surface area contributed by atoms with E-state index in [1.165, 1.54) is 11.1 Å². The van der Waals surface area contributed by atoms with E-state index in [4.69, 9.17) is 0 Å². The van der Waals surface area contributed by atoms with Crippen LogP contribution in [0.3, 0.4) is 0 Å². The first-order valence-electron chi connectivity index (χ1n) is 6.87. The molecule has 2 aromatic carbocycles. The Morgan fingerprint density at radius 1 is 1.14 bits per heavy atom. The third-order valence-corrected chi connectivity index (χ3v) is 3.82. The topological polar surface area (TPSA) is 69.8 Å². The first-order chi connectivity index (χ1) is 10.3. The molecule has 0 fully saturated rings. The summed E-state index contributed by atoms with van der Waals surface area (Å²) in [6.07, 6.45) is 1.74. The van der Waals surface area contributed by atoms with Crippen LogP contribution in [-0.2, 0) is 13.1 Å². The van der Waals surface area contributed by atoms with E-state index in [2.05, 4.69) is 20.8 Å². The molecule has 3 aromatic rings. The number of anilines is 1. The SMILES string of the molecule is O=C(Nc1cccc2cn[nH]c12)c1ccc2c(c1)CNC2. The van der Waals surface area contributed by atoms with Crippen LogP contribution in [0, 0.1) is 0 Å². The Bertz CT molecular complexity index is 837. The molecule has 0 spiro atoms. The molecule has 0 saturated carbocycles. The van der Waals surface area contributed by atoms with E-state index < -0.39 is 0 Å². The lowest BCUT2D eigenvalue weighted by Crippen LogP contribution is -2.12. The van der Waals surface area contributed by atoms with Gasteiger partial charge in [-0.2, -0.15) is 5.10 Å². The van der Waals surface area contributed by atoms with Crippen molar-refractivity contribution in [2.24, 2.45) is 0 Å². The summed E-state index contributed by atoms with van der Waals surface area (Å²) in [5.41, 5.74) is 4.72. The van der Waals surface area contributed by atoms with Crippen LogP contribution in [0.2, 0.25) is 0 Å². The minimum atomic E-state index is -0.105. The number of nitrogens with zero attached hydrogens (tertiary/aromatic N) is 1. The number of para-hydroxylation sites is 1. The van der Waals surface area contributed by atoms with Gasteiger partial charge in [0, 0.05) is 24.0 Å². The lowest BCUT2D eigenvalue weighted by atomic mass is 10.1. The molecule has 2 heterocycles. The van der Waals surface area contributed by atoms with Crippen molar-refractivity contribution in [2.75, 3.05) is 5.32 Å². The van der Waals surface area contributed by atoms with Gasteiger partial charge in [0.2, 0.25) is 0 Å². The molecule has 0 saturated heterocycles. The first-order valence-corrected chi connectivity index (χ1v) is 6.87. The van der Waals surface area contributed by atoms with Crippen molar-refractivity contribution in [3.8, 4) is 0 Å². The molecular weight excluding hydrogens is 264 g/mol. The molecule has 5 nitrogen and oxygen atoms in total. The molecule has 1 aromatic heterocycles. The standard InChI is InChI=1S/C16H14N4O/c21-16(10-4-5-11-7-17-8-13(11)6-10)19-14-3-1-2-12-9-18-20-15(12)14/h1-6,9,17H,7-8H2,(H,18,20)(H,19,21). The Kier molecular flexibility index (Phi) is 2.72. The highest BCUT2D eigenvalue weighted by molar-refractivity contribution is 6.08. The maximum atomic E-state index is 12.4. The van der Waals surface area contributed by atoms with Crippen LogP contribution in [0.25, 0.3) is 10.9 Å². The molecule has 5 heteroatoms. The summed E-state index contributed by atoms with van der Waals surface area (Å²) in [4.78, 5) is 12.4. The molecule has 21 heavy (non-hydrogen) atoms. The maximum Gasteiger partial charge on any atom is 0.255 e. The molecule has 0 aliphatic carbocycles. The fourth-order valence-electron chi connectivity index (χ4n) is 2.70. The number of rotatable bonds is 2. The third-order valence-electron chi connectivity index (χ3n) is 3.82. The summed E-state index contributed by atoms with van der Waals surface area (Å²) in [5.74, 6) is -0.105. The van der Waals surface area contributed by atoms with Gasteiger partial charge in [-0.15, -0.1) is 0 Å². The van der Waals surface area contributed by atoms with E-state index in [0.717, 1.165) is 29.7 Å². The lowest BCUT2D eigenvalue weighted by molar-refractivity contribution is 0.102. The molecule has 0 unspecified atom stereocenters. The second-order valence-corrected chi connectivity index (χ2v) is 5.18. The molecule has 4 rings (SSSR count). The van der Waals surface area contributed by atoms with Crippen molar-refractivity contribution in [1.29, 1.82) is 0 Å². The van der Waals surface area contributed by atoms with Crippen LogP contribution in [0.1, 0.15) is 21.5 Å². The number of aromatic amines is 1. The first kappa shape index (κ1) is 12.1. The van der Waals surface area contributed by atoms with Gasteiger partial charge in [0.1, 0.15) is 0 Å². The quantitative estimate of drug-likeness (QED) is 0.674. The van der Waals surface area contributed by atoms with Gasteiger partial charge in [-0.1, -0.05) is 18.2 Å². The van der Waals surface area contributed by atoms with Crippen molar-refractivity contribution < 1.29 is 4.79 Å². The minimum Gasteiger partial charge on any atom is -0.320 e. The van der Waals surface area contributed by atoms with Crippen LogP contribution < -0.4 is 10.6 Å². The van der Waals surface area contributed by atoms with Crippen LogP contribution in [-0.4, -0.2) is 16.1 Å². The van der Waals surface area contributed by atoms with Gasteiger partial charge in [0.05, 0.1) is 17.4 Å². The summed E-state index contributed by atoms with van der Waals surface area (Å²) in [6, 6.07) is 11.6. The maximum absolute atomic E-state index is 12.4. The average Bonchev–Trinajstić information content (AvgIpc) is 3.15. The summed E-state index contributed by atoms with van der Waals surface area (Å²) in [5, 5.41) is 14.1. The summed E-state index contributed by atoms with van der Waals surface area (Å²) in [6.45, 7) is 1.71. The van der Waals surface area contributed by atoms with Crippen LogP contribution >= 0.6 is 0 Å². The minimum absolute atomic E-state index is 0.105. The van der Waals surface area contributed by atoms with Gasteiger partial charge >= 0.3 is 0 Å². The van der Waals surface area contributed by atoms with Gasteiger partial charge in [0.25, 0.3) is 5.91 Å². The van der Waals surface area contributed by atoms with Crippen molar-refractivity contribution >= 4 is 22.5 Å². The number of hydrogen-bond donors (Lipinski definition) is 3. The van der Waals surface area contributed by atoms with Crippen molar-refractivity contribution in [3.63, 3.8) is 0 Å². The molecule has 1 aliphatic rings. The third kappa shape index (κ3) is 2.08. The highest BCUT2D eigenvalue weighted by atomic mass is 16.1. The zero-order valence-corrected chi connectivity index (χ0v) is 11.3. The summed E-state index contributed by atoms with van der Waals surface area (Å²) in [7, 11) is 0. The van der Waals surface area contributed by atoms with Crippen LogP contribution in [0.5, 0.6) is 0 Å². The molecular formula is C16H14N4O. The second kappa shape index (κ2) is 4.71. The predicted molar refractivity (Wildman–Crippen MR) is 81.0 cm³/mol. The van der Waals surface area contributed by atoms with E-state index in [0.29, 0.717) is 5.56 Å². The zero-order chi connectivity index (χ0) is 14.2. The molecule has 0 bridgehead atoms. The lowest BCUT2D eigenvalue weighted by Gasteiger charge is -2.07. The Morgan fingerprint density at radius 2 is 2.05 bits per heavy atom. The second-order valence-electron chi connectivity index (χ2n) is 5.18. The number of carbonyl (C=O) groups is 1. The van der Waals surface area contributed by atoms with E-state index in [-0.39, 0.29) is 5.91 Å². The van der Waals surface area contributed by atoms with Gasteiger partial charge in [-0.3, -0.25) is 9.89 Å². The highest BCUT2D eigenvalue weighted by Crippen LogP contribution is 2.22. The van der Waals surface area contributed by atoms with Gasteiger partial charge in [-0.25, -0.2) is 0 Å². The number of amides is 1. The smallest absolute Gasteiger partial charge is 0.255 e.